The molecule has 0 bridgehead atoms. The summed E-state index contributed by atoms with van der Waals surface area (Å²) in [6, 6.07) is 8.58. The van der Waals surface area contributed by atoms with E-state index < -0.39 is 0 Å². The van der Waals surface area contributed by atoms with Crippen LogP contribution in [0.15, 0.2) is 24.3 Å². The summed E-state index contributed by atoms with van der Waals surface area (Å²) < 4.78 is 1.84. The van der Waals surface area contributed by atoms with Crippen LogP contribution in [0.4, 0.5) is 5.69 Å². The zero-order chi connectivity index (χ0) is 21.4. The van der Waals surface area contributed by atoms with Gasteiger partial charge in [-0.1, -0.05) is 12.1 Å². The summed E-state index contributed by atoms with van der Waals surface area (Å²) in [5.74, 6) is 0.237. The third-order valence-corrected chi connectivity index (χ3v) is 6.32. The molecule has 2 aromatic heterocycles. The van der Waals surface area contributed by atoms with Crippen LogP contribution in [-0.4, -0.2) is 51.8 Å². The second-order valence-electron chi connectivity index (χ2n) is 8.42. The molecule has 1 aromatic carbocycles. The van der Waals surface area contributed by atoms with Crippen molar-refractivity contribution in [3.63, 3.8) is 0 Å². The average Bonchev–Trinajstić information content (AvgIpc) is 3.01. The van der Waals surface area contributed by atoms with Gasteiger partial charge in [0.25, 0.3) is 0 Å². The Balaban J connectivity index is 1.40. The van der Waals surface area contributed by atoms with Crippen molar-refractivity contribution >= 4 is 22.6 Å². The monoisotopic (exact) mass is 405 g/mol. The van der Waals surface area contributed by atoms with Crippen molar-refractivity contribution in [1.82, 2.24) is 19.7 Å². The fraction of sp³-hybridized carbons (Fsp3) is 0.458. The van der Waals surface area contributed by atoms with E-state index in [-0.39, 0.29) is 5.91 Å². The molecule has 0 spiro atoms. The van der Waals surface area contributed by atoms with Gasteiger partial charge < -0.3 is 9.80 Å². The summed E-state index contributed by atoms with van der Waals surface area (Å²) in [5, 5.41) is 5.64. The second-order valence-corrected chi connectivity index (χ2v) is 8.42. The fourth-order valence-electron chi connectivity index (χ4n) is 4.66. The van der Waals surface area contributed by atoms with E-state index in [4.69, 9.17) is 4.98 Å². The topological polar surface area (TPSA) is 54.3 Å². The highest BCUT2D eigenvalue weighted by atomic mass is 16.2. The minimum Gasteiger partial charge on any atom is -0.368 e. The van der Waals surface area contributed by atoms with Crippen LogP contribution < -0.4 is 4.90 Å². The molecule has 3 aromatic rings. The minimum atomic E-state index is 0.237. The van der Waals surface area contributed by atoms with Gasteiger partial charge in [0.05, 0.1) is 5.69 Å². The SMILES string of the molecule is Cc1cccc(N2CCN(C(=O)CCc3c(C)nc4c(c(C)nn4C)c3C)CC2)c1. The summed E-state index contributed by atoms with van der Waals surface area (Å²) in [7, 11) is 1.93. The molecule has 158 valence electrons. The standard InChI is InChI=1S/C24H31N5O/c1-16-7-6-8-20(15-16)28-11-13-29(14-12-28)22(30)10-9-21-17(2)23-19(4)26-27(5)24(23)25-18(21)3/h6-8,15H,9-14H2,1-5H3. The Labute approximate surface area is 178 Å². The van der Waals surface area contributed by atoms with E-state index in [1.54, 1.807) is 0 Å². The van der Waals surface area contributed by atoms with Crippen molar-refractivity contribution in [3.8, 4) is 0 Å². The summed E-state index contributed by atoms with van der Waals surface area (Å²) in [4.78, 5) is 22.0. The van der Waals surface area contributed by atoms with E-state index >= 15 is 0 Å². The molecule has 1 amide bonds. The highest BCUT2D eigenvalue weighted by Gasteiger charge is 2.22. The molecule has 1 fully saturated rings. The van der Waals surface area contributed by atoms with E-state index in [1.165, 1.54) is 22.4 Å². The lowest BCUT2D eigenvalue weighted by atomic mass is 9.99. The maximum Gasteiger partial charge on any atom is 0.223 e. The van der Waals surface area contributed by atoms with Crippen LogP contribution in [0.3, 0.4) is 0 Å². The predicted molar refractivity (Wildman–Crippen MR) is 121 cm³/mol. The number of anilines is 1. The summed E-state index contributed by atoms with van der Waals surface area (Å²) in [6.45, 7) is 11.6. The molecular weight excluding hydrogens is 374 g/mol. The van der Waals surface area contributed by atoms with Crippen LogP contribution in [-0.2, 0) is 18.3 Å². The number of carbonyl (C=O) groups excluding carboxylic acids is 1. The number of carbonyl (C=O) groups is 1. The van der Waals surface area contributed by atoms with Gasteiger partial charge in [-0.05, 0) is 62.9 Å². The number of piperazine rings is 1. The lowest BCUT2D eigenvalue weighted by molar-refractivity contribution is -0.131. The number of nitrogens with zero attached hydrogens (tertiary/aromatic N) is 5. The molecule has 0 saturated carbocycles. The second kappa shape index (κ2) is 8.09. The van der Waals surface area contributed by atoms with Crippen LogP contribution in [0.1, 0.15) is 34.5 Å². The van der Waals surface area contributed by atoms with E-state index in [9.17, 15) is 4.79 Å². The molecule has 1 saturated heterocycles. The Bertz CT molecular complexity index is 1090. The molecule has 0 aliphatic carbocycles. The largest absolute Gasteiger partial charge is 0.368 e. The Morgan fingerprint density at radius 2 is 1.77 bits per heavy atom. The molecular formula is C24H31N5O. The van der Waals surface area contributed by atoms with Crippen LogP contribution in [0.5, 0.6) is 0 Å². The van der Waals surface area contributed by atoms with Gasteiger partial charge in [0.15, 0.2) is 5.65 Å². The van der Waals surface area contributed by atoms with Crippen molar-refractivity contribution in [3.05, 3.63) is 52.3 Å². The molecule has 0 radical (unpaired) electrons. The van der Waals surface area contributed by atoms with E-state index in [0.29, 0.717) is 6.42 Å². The summed E-state index contributed by atoms with van der Waals surface area (Å²) >= 11 is 0. The molecule has 6 heteroatoms. The van der Waals surface area contributed by atoms with Crippen molar-refractivity contribution in [2.75, 3.05) is 31.1 Å². The van der Waals surface area contributed by atoms with Gasteiger partial charge in [0.1, 0.15) is 0 Å². The number of benzene rings is 1. The summed E-state index contributed by atoms with van der Waals surface area (Å²) in [6.07, 6.45) is 1.25. The molecule has 1 aliphatic heterocycles. The van der Waals surface area contributed by atoms with Gasteiger partial charge in [-0.15, -0.1) is 0 Å². The molecule has 0 atom stereocenters. The first kappa shape index (κ1) is 20.4. The molecule has 1 aliphatic rings. The number of hydrogen-bond acceptors (Lipinski definition) is 4. The number of fused-ring (bicyclic) bond motifs is 1. The van der Waals surface area contributed by atoms with Gasteiger partial charge in [0, 0.05) is 56.4 Å². The molecule has 6 nitrogen and oxygen atoms in total. The third kappa shape index (κ3) is 3.78. The van der Waals surface area contributed by atoms with Gasteiger partial charge in [0.2, 0.25) is 5.91 Å². The Morgan fingerprint density at radius 1 is 1.03 bits per heavy atom. The maximum absolute atomic E-state index is 12.9. The zero-order valence-corrected chi connectivity index (χ0v) is 18.7. The van der Waals surface area contributed by atoms with Gasteiger partial charge in [-0.2, -0.15) is 5.10 Å². The quantitative estimate of drug-likeness (QED) is 0.667. The highest BCUT2D eigenvalue weighted by Crippen LogP contribution is 2.26. The van der Waals surface area contributed by atoms with Crippen LogP contribution in [0.2, 0.25) is 0 Å². The van der Waals surface area contributed by atoms with E-state index in [0.717, 1.165) is 55.0 Å². The number of aryl methyl sites for hydroxylation is 5. The van der Waals surface area contributed by atoms with Crippen molar-refractivity contribution in [2.45, 2.75) is 40.5 Å². The van der Waals surface area contributed by atoms with Gasteiger partial charge in [-0.25, -0.2) is 4.98 Å². The minimum absolute atomic E-state index is 0.237. The number of pyridine rings is 1. The normalized spacial score (nSPS) is 14.6. The first-order valence-electron chi connectivity index (χ1n) is 10.7. The maximum atomic E-state index is 12.9. The lowest BCUT2D eigenvalue weighted by Gasteiger charge is -2.36. The third-order valence-electron chi connectivity index (χ3n) is 6.32. The van der Waals surface area contributed by atoms with E-state index in [2.05, 4.69) is 48.1 Å². The Hall–Kier alpha value is -2.89. The Kier molecular flexibility index (Phi) is 5.50. The lowest BCUT2D eigenvalue weighted by Crippen LogP contribution is -2.48. The average molecular weight is 406 g/mol. The molecule has 0 N–H and O–H groups in total. The molecule has 3 heterocycles. The zero-order valence-electron chi connectivity index (χ0n) is 18.7. The smallest absolute Gasteiger partial charge is 0.223 e. The molecule has 4 rings (SSSR count). The molecule has 30 heavy (non-hydrogen) atoms. The number of amides is 1. The number of rotatable bonds is 4. The predicted octanol–water partition coefficient (Wildman–Crippen LogP) is 3.48. The molecule has 0 unspecified atom stereocenters. The Morgan fingerprint density at radius 3 is 2.47 bits per heavy atom. The van der Waals surface area contributed by atoms with Gasteiger partial charge in [-0.3, -0.25) is 9.48 Å². The fourth-order valence-corrected chi connectivity index (χ4v) is 4.66. The summed E-state index contributed by atoms with van der Waals surface area (Å²) in [5.41, 5.74) is 7.83. The first-order chi connectivity index (χ1) is 14.3. The number of hydrogen-bond donors (Lipinski definition) is 0. The number of aromatic nitrogens is 3. The highest BCUT2D eigenvalue weighted by molar-refractivity contribution is 5.84. The first-order valence-corrected chi connectivity index (χ1v) is 10.7. The van der Waals surface area contributed by atoms with Gasteiger partial charge >= 0.3 is 0 Å². The van der Waals surface area contributed by atoms with Crippen LogP contribution in [0.25, 0.3) is 11.0 Å². The van der Waals surface area contributed by atoms with Crippen molar-refractivity contribution in [2.24, 2.45) is 7.05 Å². The van der Waals surface area contributed by atoms with Crippen molar-refractivity contribution in [1.29, 1.82) is 0 Å². The van der Waals surface area contributed by atoms with Crippen LogP contribution in [0, 0.1) is 27.7 Å². The van der Waals surface area contributed by atoms with Crippen LogP contribution >= 0.6 is 0 Å². The van der Waals surface area contributed by atoms with E-state index in [1.807, 2.05) is 30.5 Å². The van der Waals surface area contributed by atoms with Crippen molar-refractivity contribution < 1.29 is 4.79 Å².